The number of hydrogen-bond donors (Lipinski definition) is 1. The van der Waals surface area contributed by atoms with Crippen LogP contribution in [0.5, 0.6) is 0 Å². The molecule has 0 unspecified atom stereocenters. The van der Waals surface area contributed by atoms with E-state index in [4.69, 9.17) is 0 Å². The van der Waals surface area contributed by atoms with Gasteiger partial charge in [-0.05, 0) is 17.5 Å². The first-order valence-corrected chi connectivity index (χ1v) is 6.74. The second-order valence-electron chi connectivity index (χ2n) is 5.01. The molecule has 1 N–H and O–H groups in total. The van der Waals surface area contributed by atoms with E-state index in [1.54, 1.807) is 0 Å². The lowest BCUT2D eigenvalue weighted by atomic mass is 9.81. The van der Waals surface area contributed by atoms with Crippen molar-refractivity contribution in [2.45, 2.75) is 24.8 Å². The fourth-order valence-electron chi connectivity index (χ4n) is 2.83. The van der Waals surface area contributed by atoms with Gasteiger partial charge in [-0.1, -0.05) is 60.7 Å². The van der Waals surface area contributed by atoms with Gasteiger partial charge in [0.2, 0.25) is 5.91 Å². The van der Waals surface area contributed by atoms with E-state index in [-0.39, 0.29) is 11.9 Å². The molecule has 0 spiro atoms. The number of piperidine rings is 1. The molecule has 1 heterocycles. The van der Waals surface area contributed by atoms with E-state index in [0.29, 0.717) is 12.3 Å². The lowest BCUT2D eigenvalue weighted by Crippen LogP contribution is -2.37. The molecule has 2 heteroatoms. The summed E-state index contributed by atoms with van der Waals surface area (Å²) in [4.78, 5) is 11.7. The minimum atomic E-state index is 0.0878. The van der Waals surface area contributed by atoms with E-state index in [1.807, 2.05) is 24.3 Å². The second-order valence-corrected chi connectivity index (χ2v) is 5.01. The first kappa shape index (κ1) is 12.0. The summed E-state index contributed by atoms with van der Waals surface area (Å²) in [5.74, 6) is 0.516. The summed E-state index contributed by atoms with van der Waals surface area (Å²) < 4.78 is 0. The topological polar surface area (TPSA) is 29.1 Å². The van der Waals surface area contributed by atoms with Crippen LogP contribution in [0.25, 0.3) is 0 Å². The van der Waals surface area contributed by atoms with Crippen LogP contribution in [0.1, 0.15) is 35.9 Å². The van der Waals surface area contributed by atoms with Crippen molar-refractivity contribution in [2.75, 3.05) is 0 Å². The van der Waals surface area contributed by atoms with Gasteiger partial charge in [-0.3, -0.25) is 4.79 Å². The summed E-state index contributed by atoms with van der Waals surface area (Å²) in [5, 5.41) is 3.14. The predicted molar refractivity (Wildman–Crippen MR) is 75.7 cm³/mol. The molecule has 2 aromatic carbocycles. The van der Waals surface area contributed by atoms with E-state index in [1.165, 1.54) is 11.1 Å². The molecule has 0 radical (unpaired) electrons. The van der Waals surface area contributed by atoms with Crippen LogP contribution in [-0.2, 0) is 4.79 Å². The summed E-state index contributed by atoms with van der Waals surface area (Å²) in [5.41, 5.74) is 2.49. The quantitative estimate of drug-likeness (QED) is 0.870. The van der Waals surface area contributed by atoms with Gasteiger partial charge in [-0.25, -0.2) is 0 Å². The summed E-state index contributed by atoms with van der Waals surface area (Å²) in [6.07, 6.45) is 1.53. The highest BCUT2D eigenvalue weighted by Crippen LogP contribution is 2.37. The Labute approximate surface area is 113 Å². The number of nitrogens with one attached hydrogen (secondary N) is 1. The van der Waals surface area contributed by atoms with Gasteiger partial charge in [-0.2, -0.15) is 0 Å². The third-order valence-corrected chi connectivity index (χ3v) is 3.79. The zero-order chi connectivity index (χ0) is 13.1. The third-order valence-electron chi connectivity index (χ3n) is 3.79. The largest absolute Gasteiger partial charge is 0.349 e. The highest BCUT2D eigenvalue weighted by Gasteiger charge is 2.30. The molecule has 0 bridgehead atoms. The molecule has 0 saturated carbocycles. The van der Waals surface area contributed by atoms with E-state index in [9.17, 15) is 4.79 Å². The normalized spacial score (nSPS) is 22.8. The molecule has 96 valence electrons. The third kappa shape index (κ3) is 2.53. The standard InChI is InChI=1S/C17H17NO/c19-16-12-11-15(13-7-3-1-4-8-13)17(18-16)14-9-5-2-6-10-14/h1-10,15,17H,11-12H2,(H,18,19)/t15-,17+/m0/s1. The van der Waals surface area contributed by atoms with Crippen LogP contribution < -0.4 is 5.32 Å². The predicted octanol–water partition coefficient (Wildman–Crippen LogP) is 3.42. The van der Waals surface area contributed by atoms with Gasteiger partial charge in [0.1, 0.15) is 0 Å². The van der Waals surface area contributed by atoms with E-state index in [2.05, 4.69) is 41.7 Å². The Morgan fingerprint density at radius 1 is 0.842 bits per heavy atom. The van der Waals surface area contributed by atoms with E-state index in [0.717, 1.165) is 6.42 Å². The van der Waals surface area contributed by atoms with Crippen LogP contribution in [-0.4, -0.2) is 5.91 Å². The molecule has 2 atom stereocenters. The Hall–Kier alpha value is -2.09. The molecular weight excluding hydrogens is 234 g/mol. The van der Waals surface area contributed by atoms with Crippen LogP contribution >= 0.6 is 0 Å². The SMILES string of the molecule is O=C1CC[C@@H](c2ccccc2)[C@@H](c2ccccc2)N1. The van der Waals surface area contributed by atoms with Crippen molar-refractivity contribution in [3.63, 3.8) is 0 Å². The summed E-state index contributed by atoms with van der Waals surface area (Å²) >= 11 is 0. The van der Waals surface area contributed by atoms with Crippen molar-refractivity contribution < 1.29 is 4.79 Å². The fraction of sp³-hybridized carbons (Fsp3) is 0.235. The molecule has 0 aliphatic carbocycles. The summed E-state index contributed by atoms with van der Waals surface area (Å²) in [6.45, 7) is 0. The maximum absolute atomic E-state index is 11.7. The number of hydrogen-bond acceptors (Lipinski definition) is 1. The van der Waals surface area contributed by atoms with Crippen LogP contribution in [0.15, 0.2) is 60.7 Å². The molecule has 1 saturated heterocycles. The Bertz CT molecular complexity index is 550. The van der Waals surface area contributed by atoms with Crippen molar-refractivity contribution in [2.24, 2.45) is 0 Å². The summed E-state index contributed by atoms with van der Waals surface area (Å²) in [7, 11) is 0. The van der Waals surface area contributed by atoms with Gasteiger partial charge in [0.05, 0.1) is 6.04 Å². The number of benzene rings is 2. The van der Waals surface area contributed by atoms with Crippen molar-refractivity contribution in [3.05, 3.63) is 71.8 Å². The van der Waals surface area contributed by atoms with Gasteiger partial charge in [-0.15, -0.1) is 0 Å². The maximum Gasteiger partial charge on any atom is 0.220 e. The number of carbonyl (C=O) groups excluding carboxylic acids is 1. The van der Waals surface area contributed by atoms with Gasteiger partial charge >= 0.3 is 0 Å². The first-order chi connectivity index (χ1) is 9.34. The van der Waals surface area contributed by atoms with Gasteiger partial charge < -0.3 is 5.32 Å². The highest BCUT2D eigenvalue weighted by atomic mass is 16.1. The lowest BCUT2D eigenvalue weighted by molar-refractivity contribution is -0.123. The van der Waals surface area contributed by atoms with Crippen molar-refractivity contribution >= 4 is 5.91 Å². The smallest absolute Gasteiger partial charge is 0.220 e. The lowest BCUT2D eigenvalue weighted by Gasteiger charge is -2.33. The highest BCUT2D eigenvalue weighted by molar-refractivity contribution is 5.77. The van der Waals surface area contributed by atoms with Crippen molar-refractivity contribution in [1.29, 1.82) is 0 Å². The second kappa shape index (κ2) is 5.27. The Morgan fingerprint density at radius 3 is 2.05 bits per heavy atom. The molecule has 1 aliphatic rings. The molecule has 19 heavy (non-hydrogen) atoms. The monoisotopic (exact) mass is 251 g/mol. The number of carbonyl (C=O) groups is 1. The molecule has 1 amide bonds. The average molecular weight is 251 g/mol. The number of rotatable bonds is 2. The number of amides is 1. The maximum atomic E-state index is 11.7. The Kier molecular flexibility index (Phi) is 3.32. The van der Waals surface area contributed by atoms with Gasteiger partial charge in [0.25, 0.3) is 0 Å². The molecular formula is C17H17NO. The minimum Gasteiger partial charge on any atom is -0.349 e. The first-order valence-electron chi connectivity index (χ1n) is 6.74. The molecule has 0 aromatic heterocycles. The van der Waals surface area contributed by atoms with Crippen molar-refractivity contribution in [1.82, 2.24) is 5.32 Å². The van der Waals surface area contributed by atoms with Gasteiger partial charge in [0.15, 0.2) is 0 Å². The van der Waals surface area contributed by atoms with Crippen LogP contribution in [0.3, 0.4) is 0 Å². The van der Waals surface area contributed by atoms with Crippen LogP contribution in [0.2, 0.25) is 0 Å². The zero-order valence-electron chi connectivity index (χ0n) is 10.8. The molecule has 1 aliphatic heterocycles. The van der Waals surface area contributed by atoms with Crippen LogP contribution in [0.4, 0.5) is 0 Å². The molecule has 2 aromatic rings. The molecule has 2 nitrogen and oxygen atoms in total. The minimum absolute atomic E-state index is 0.0878. The fourth-order valence-corrected chi connectivity index (χ4v) is 2.83. The molecule has 3 rings (SSSR count). The Balaban J connectivity index is 1.95. The van der Waals surface area contributed by atoms with E-state index >= 15 is 0 Å². The summed E-state index contributed by atoms with van der Waals surface area (Å²) in [6, 6.07) is 20.8. The Morgan fingerprint density at radius 2 is 1.42 bits per heavy atom. The van der Waals surface area contributed by atoms with E-state index < -0.39 is 0 Å². The molecule has 1 fully saturated rings. The van der Waals surface area contributed by atoms with Crippen LogP contribution in [0, 0.1) is 0 Å². The zero-order valence-corrected chi connectivity index (χ0v) is 10.8. The van der Waals surface area contributed by atoms with Gasteiger partial charge in [0, 0.05) is 12.3 Å². The average Bonchev–Trinajstić information content (AvgIpc) is 2.49. The van der Waals surface area contributed by atoms with Crippen molar-refractivity contribution in [3.8, 4) is 0 Å².